The number of carboxylic acid groups (broad SMARTS) is 1. The molecule has 19 N–H and O–H groups in total. The Morgan fingerprint density at radius 2 is 1.12 bits per heavy atom. The van der Waals surface area contributed by atoms with Crippen LogP contribution in [0.1, 0.15) is 99.1 Å². The molecule has 372 valence electrons. The lowest BCUT2D eigenvalue weighted by Gasteiger charge is -2.29. The number of aliphatic carboxylic acids is 1. The van der Waals surface area contributed by atoms with E-state index in [1.165, 1.54) is 19.4 Å². The van der Waals surface area contributed by atoms with Crippen LogP contribution in [0.25, 0.3) is 0 Å². The van der Waals surface area contributed by atoms with Crippen molar-refractivity contribution in [2.24, 2.45) is 51.4 Å². The van der Waals surface area contributed by atoms with Gasteiger partial charge in [0, 0.05) is 24.9 Å². The van der Waals surface area contributed by atoms with Gasteiger partial charge < -0.3 is 76.0 Å². The lowest BCUT2D eigenvalue weighted by molar-refractivity contribution is -0.143. The molecule has 1 aromatic rings. The summed E-state index contributed by atoms with van der Waals surface area (Å²) in [5, 5.41) is 27.6. The molecular weight excluding hydrogens is 863 g/mol. The number of H-pyrrole nitrogens is 1. The van der Waals surface area contributed by atoms with E-state index in [0.717, 1.165) is 0 Å². The first-order valence-corrected chi connectivity index (χ1v) is 22.0. The van der Waals surface area contributed by atoms with Crippen molar-refractivity contribution >= 4 is 59.2 Å². The Hall–Kier alpha value is -6.37. The quantitative estimate of drug-likeness (QED) is 0.0193. The van der Waals surface area contributed by atoms with Gasteiger partial charge >= 0.3 is 5.97 Å². The standard InChI is InChI=1S/C41H73N15O10/c1-20(2)15-27(36(61)54-29(17-30(44)57)38(63)56-32(22(5)6)40(65)66)52-34(59)25(11-8-9-13-42)51-39(64)31(21(3)4)55-37(62)28(16-24-18-47-19-49-24)53-35(60)26(50-33(58)23(7)43)12-10-14-48-41(45)46/h18-23,25-29,31-32H,8-17,42-43H2,1-7H3,(H2,44,57)(H,47,49)(H,50,58)(H,51,64)(H,52,59)(H,53,60)(H,54,61)(H,55,62)(H,56,63)(H,65,66)(H4,45,46,48)/t23-,25-,26-,27-,28-,29-,31-,32-/m0/s1. The lowest BCUT2D eigenvalue weighted by Crippen LogP contribution is -2.61. The SMILES string of the molecule is CC(C)C[C@H](NC(=O)[C@H](CCCCN)NC(=O)[C@@H](NC(=O)[C@H](Cc1cnc[nH]1)NC(=O)[C@H](CCCN=C(N)N)NC(=O)[C@H](C)N)C(C)C)C(=O)N[C@@H](CC(N)=O)C(=O)N[C@H](C(=O)O)C(C)C. The number of nitrogens with zero attached hydrogens (tertiary/aromatic N) is 2. The van der Waals surface area contributed by atoms with Crippen LogP contribution < -0.4 is 65.9 Å². The van der Waals surface area contributed by atoms with Gasteiger partial charge in [-0.05, 0) is 69.7 Å². The van der Waals surface area contributed by atoms with Crippen LogP contribution >= 0.6 is 0 Å². The molecule has 25 nitrogen and oxygen atoms in total. The summed E-state index contributed by atoms with van der Waals surface area (Å²) in [4.78, 5) is 130. The van der Waals surface area contributed by atoms with Crippen molar-refractivity contribution in [2.45, 2.75) is 148 Å². The first kappa shape index (κ1) is 57.6. The van der Waals surface area contributed by atoms with E-state index in [9.17, 15) is 48.3 Å². The molecule has 0 radical (unpaired) electrons. The van der Waals surface area contributed by atoms with Crippen LogP contribution in [-0.2, 0) is 49.6 Å². The number of rotatable bonds is 31. The number of unbranched alkanes of at least 4 members (excludes halogenated alkanes) is 1. The van der Waals surface area contributed by atoms with Gasteiger partial charge in [-0.1, -0.05) is 41.5 Å². The van der Waals surface area contributed by atoms with Crippen LogP contribution in [0.15, 0.2) is 17.5 Å². The minimum Gasteiger partial charge on any atom is -0.480 e. The molecule has 0 fully saturated rings. The number of carbonyl (C=O) groups excluding carboxylic acids is 8. The molecule has 0 aliphatic carbocycles. The highest BCUT2D eigenvalue weighted by Crippen LogP contribution is 2.12. The third kappa shape index (κ3) is 21.5. The van der Waals surface area contributed by atoms with Gasteiger partial charge in [0.1, 0.15) is 42.3 Å². The Kier molecular flexibility index (Phi) is 25.5. The predicted octanol–water partition coefficient (Wildman–Crippen LogP) is -3.81. The summed E-state index contributed by atoms with van der Waals surface area (Å²) in [6.07, 6.45) is 3.27. The summed E-state index contributed by atoms with van der Waals surface area (Å²) in [5.41, 5.74) is 28.1. The van der Waals surface area contributed by atoms with E-state index in [4.69, 9.17) is 28.7 Å². The predicted molar refractivity (Wildman–Crippen MR) is 243 cm³/mol. The van der Waals surface area contributed by atoms with E-state index in [2.05, 4.69) is 52.2 Å². The maximum atomic E-state index is 14.1. The second-order valence-corrected chi connectivity index (χ2v) is 17.2. The molecule has 0 spiro atoms. The monoisotopic (exact) mass is 936 g/mol. The molecule has 0 aliphatic rings. The van der Waals surface area contributed by atoms with Crippen molar-refractivity contribution in [1.29, 1.82) is 0 Å². The average molecular weight is 936 g/mol. The highest BCUT2D eigenvalue weighted by atomic mass is 16.4. The van der Waals surface area contributed by atoms with E-state index in [1.807, 2.05) is 0 Å². The van der Waals surface area contributed by atoms with Gasteiger partial charge in [-0.25, -0.2) is 9.78 Å². The summed E-state index contributed by atoms with van der Waals surface area (Å²) in [7, 11) is 0. The number of carbonyl (C=O) groups is 9. The van der Waals surface area contributed by atoms with Crippen LogP contribution in [-0.4, -0.2) is 136 Å². The highest BCUT2D eigenvalue weighted by molar-refractivity contribution is 5.98. The smallest absolute Gasteiger partial charge is 0.326 e. The van der Waals surface area contributed by atoms with E-state index >= 15 is 0 Å². The number of aromatic amines is 1. The lowest BCUT2D eigenvalue weighted by atomic mass is 9.99. The number of hydrogen-bond acceptors (Lipinski definition) is 13. The number of aliphatic imine (C=N–C) groups is 1. The molecule has 0 aromatic carbocycles. The number of nitrogens with two attached hydrogens (primary N) is 5. The van der Waals surface area contributed by atoms with Crippen LogP contribution in [0, 0.1) is 17.8 Å². The van der Waals surface area contributed by atoms with Crippen molar-refractivity contribution in [2.75, 3.05) is 13.1 Å². The third-order valence-corrected chi connectivity index (χ3v) is 10.0. The van der Waals surface area contributed by atoms with Gasteiger partial charge in [0.05, 0.1) is 18.8 Å². The summed E-state index contributed by atoms with van der Waals surface area (Å²) < 4.78 is 0. The number of aromatic nitrogens is 2. The number of nitrogens with one attached hydrogen (secondary N) is 8. The molecule has 66 heavy (non-hydrogen) atoms. The molecule has 8 atom stereocenters. The molecule has 8 amide bonds. The average Bonchev–Trinajstić information content (AvgIpc) is 3.73. The molecule has 25 heteroatoms. The molecule has 1 rings (SSSR count). The van der Waals surface area contributed by atoms with Gasteiger partial charge in [-0.2, -0.15) is 0 Å². The van der Waals surface area contributed by atoms with Crippen LogP contribution in [0.4, 0.5) is 0 Å². The number of hydrogen-bond donors (Lipinski definition) is 14. The first-order chi connectivity index (χ1) is 30.9. The molecule has 0 saturated carbocycles. The fourth-order valence-corrected chi connectivity index (χ4v) is 6.41. The topological polar surface area (TPSA) is 429 Å². The summed E-state index contributed by atoms with van der Waals surface area (Å²) >= 11 is 0. The van der Waals surface area contributed by atoms with Crippen molar-refractivity contribution in [3.63, 3.8) is 0 Å². The second-order valence-electron chi connectivity index (χ2n) is 17.2. The molecule has 1 heterocycles. The van der Waals surface area contributed by atoms with E-state index in [0.29, 0.717) is 18.5 Å². The zero-order valence-electron chi connectivity index (χ0n) is 39.0. The minimum absolute atomic E-state index is 0.0376. The van der Waals surface area contributed by atoms with E-state index in [1.54, 1.807) is 41.5 Å². The molecular formula is C41H73N15O10. The van der Waals surface area contributed by atoms with Crippen molar-refractivity contribution < 1.29 is 48.3 Å². The number of carboxylic acids is 1. The van der Waals surface area contributed by atoms with Crippen molar-refractivity contribution in [3.8, 4) is 0 Å². The second kappa shape index (κ2) is 29.2. The van der Waals surface area contributed by atoms with Crippen molar-refractivity contribution in [1.82, 2.24) is 47.2 Å². The minimum atomic E-state index is -1.59. The fourth-order valence-electron chi connectivity index (χ4n) is 6.41. The number of amides is 8. The molecule has 0 bridgehead atoms. The number of primary amides is 1. The van der Waals surface area contributed by atoms with E-state index in [-0.39, 0.29) is 57.1 Å². The number of imidazole rings is 1. The Morgan fingerprint density at radius 3 is 1.61 bits per heavy atom. The molecule has 0 unspecified atom stereocenters. The molecule has 0 saturated heterocycles. The Morgan fingerprint density at radius 1 is 0.636 bits per heavy atom. The Labute approximate surface area is 384 Å². The number of guanidine groups is 1. The van der Waals surface area contributed by atoms with Crippen LogP contribution in [0.3, 0.4) is 0 Å². The zero-order valence-corrected chi connectivity index (χ0v) is 39.0. The van der Waals surface area contributed by atoms with Gasteiger partial charge in [0.15, 0.2) is 5.96 Å². The summed E-state index contributed by atoms with van der Waals surface area (Å²) in [5.74, 6) is -9.39. The highest BCUT2D eigenvalue weighted by Gasteiger charge is 2.36. The first-order valence-electron chi connectivity index (χ1n) is 22.0. The van der Waals surface area contributed by atoms with Crippen molar-refractivity contribution in [3.05, 3.63) is 18.2 Å². The maximum Gasteiger partial charge on any atom is 0.326 e. The third-order valence-electron chi connectivity index (χ3n) is 10.0. The van der Waals surface area contributed by atoms with Gasteiger partial charge in [0.25, 0.3) is 0 Å². The summed E-state index contributed by atoms with van der Waals surface area (Å²) in [6, 6.07) is -10.2. The fraction of sp³-hybridized carbons (Fsp3) is 0.683. The normalized spacial score (nSPS) is 14.8. The largest absolute Gasteiger partial charge is 0.480 e. The molecule has 1 aromatic heterocycles. The maximum absolute atomic E-state index is 14.1. The van der Waals surface area contributed by atoms with Gasteiger partial charge in [-0.3, -0.25) is 43.3 Å². The van der Waals surface area contributed by atoms with Crippen LogP contribution in [0.2, 0.25) is 0 Å². The van der Waals surface area contributed by atoms with Gasteiger partial charge in [-0.15, -0.1) is 0 Å². The Bertz CT molecular complexity index is 1800. The summed E-state index contributed by atoms with van der Waals surface area (Å²) in [6.45, 7) is 11.8. The Balaban J connectivity index is 3.44. The van der Waals surface area contributed by atoms with E-state index < -0.39 is 120 Å². The molecule has 0 aliphatic heterocycles. The van der Waals surface area contributed by atoms with Crippen LogP contribution in [0.5, 0.6) is 0 Å². The zero-order chi connectivity index (χ0) is 50.3. The van der Waals surface area contributed by atoms with Gasteiger partial charge in [0.2, 0.25) is 47.3 Å².